The maximum atomic E-state index is 11.3. The lowest BCUT2D eigenvalue weighted by atomic mass is 9.98. The molecule has 0 aromatic carbocycles. The lowest BCUT2D eigenvalue weighted by Gasteiger charge is -2.42. The molecule has 0 radical (unpaired) electrons. The summed E-state index contributed by atoms with van der Waals surface area (Å²) >= 11 is 0. The molecular formula is C14H25NO10. The van der Waals surface area contributed by atoms with Crippen molar-refractivity contribution in [2.24, 2.45) is 0 Å². The molecule has 1 fully saturated rings. The third-order valence-corrected chi connectivity index (χ3v) is 3.89. The van der Waals surface area contributed by atoms with E-state index >= 15 is 0 Å². The smallest absolute Gasteiger partial charge is 0.217 e. The predicted molar refractivity (Wildman–Crippen MR) is 80.0 cm³/mol. The first-order chi connectivity index (χ1) is 11.6. The van der Waals surface area contributed by atoms with Crippen LogP contribution in [0.15, 0.2) is 0 Å². The van der Waals surface area contributed by atoms with E-state index in [1.807, 2.05) is 0 Å². The van der Waals surface area contributed by atoms with Crippen LogP contribution in [-0.2, 0) is 19.1 Å². The highest BCUT2D eigenvalue weighted by Crippen LogP contribution is 2.24. The van der Waals surface area contributed by atoms with E-state index < -0.39 is 67.6 Å². The molecule has 11 nitrogen and oxygen atoms in total. The Kier molecular flexibility index (Phi) is 8.31. The molecule has 9 atom stereocenters. The first-order valence-corrected chi connectivity index (χ1v) is 7.68. The highest BCUT2D eigenvalue weighted by Gasteiger charge is 2.45. The topological polar surface area (TPSA) is 186 Å². The molecule has 1 aliphatic heterocycles. The zero-order chi connectivity index (χ0) is 19.3. The molecule has 146 valence electrons. The maximum absolute atomic E-state index is 11.3. The third-order valence-electron chi connectivity index (χ3n) is 3.89. The standard InChI is InChI=1S/C14H25NO10/c1-5-9(20)11(22)12(23)14(24-5)25-13(10(21)8(19)4-17)7(3-16)15-6(2)18/h3,5,7-14,17,19-23H,4H2,1-2H3,(H,15,18)/t5-,7?,8+,9+,10+,11+,12-,13+,14+/m0/s1. The van der Waals surface area contributed by atoms with Crippen molar-refractivity contribution in [2.45, 2.75) is 68.9 Å². The van der Waals surface area contributed by atoms with Crippen LogP contribution >= 0.6 is 0 Å². The van der Waals surface area contributed by atoms with Gasteiger partial charge in [0.2, 0.25) is 5.91 Å². The minimum atomic E-state index is -1.83. The molecule has 0 bridgehead atoms. The monoisotopic (exact) mass is 367 g/mol. The molecular weight excluding hydrogens is 342 g/mol. The summed E-state index contributed by atoms with van der Waals surface area (Å²) < 4.78 is 10.5. The van der Waals surface area contributed by atoms with Gasteiger partial charge in [-0.3, -0.25) is 4.79 Å². The van der Waals surface area contributed by atoms with E-state index in [2.05, 4.69) is 5.32 Å². The Balaban J connectivity index is 3.02. The SMILES string of the molecule is CC(=O)NC(C=O)[C@@H](O[C@H]1O[C@@H](C)[C@@H](O)[C@@H](O)[C@@H]1O)[C@H](O)[C@H](O)CO. The summed E-state index contributed by atoms with van der Waals surface area (Å²) in [5, 5.41) is 60.3. The average Bonchev–Trinajstić information content (AvgIpc) is 2.58. The van der Waals surface area contributed by atoms with Crippen molar-refractivity contribution in [3.05, 3.63) is 0 Å². The number of rotatable bonds is 8. The zero-order valence-corrected chi connectivity index (χ0v) is 13.8. The van der Waals surface area contributed by atoms with Crippen LogP contribution in [0.1, 0.15) is 13.8 Å². The number of nitrogens with one attached hydrogen (secondary N) is 1. The van der Waals surface area contributed by atoms with Gasteiger partial charge in [-0.25, -0.2) is 0 Å². The van der Waals surface area contributed by atoms with Crippen LogP contribution in [0, 0.1) is 0 Å². The van der Waals surface area contributed by atoms with Gasteiger partial charge < -0.3 is 50.2 Å². The lowest BCUT2D eigenvalue weighted by molar-refractivity contribution is -0.314. The minimum Gasteiger partial charge on any atom is -0.394 e. The Bertz CT molecular complexity index is 449. The summed E-state index contributed by atoms with van der Waals surface area (Å²) in [7, 11) is 0. The number of aldehydes is 1. The molecule has 0 spiro atoms. The van der Waals surface area contributed by atoms with Gasteiger partial charge in [-0.15, -0.1) is 0 Å². The number of carbonyl (C=O) groups excluding carboxylic acids is 2. The second-order valence-electron chi connectivity index (χ2n) is 5.88. The van der Waals surface area contributed by atoms with Crippen LogP contribution in [0.4, 0.5) is 0 Å². The highest BCUT2D eigenvalue weighted by molar-refractivity contribution is 5.77. The van der Waals surface area contributed by atoms with Gasteiger partial charge in [0.15, 0.2) is 6.29 Å². The Morgan fingerprint density at radius 2 is 1.84 bits per heavy atom. The van der Waals surface area contributed by atoms with Crippen LogP contribution in [0.5, 0.6) is 0 Å². The van der Waals surface area contributed by atoms with Gasteiger partial charge in [0.25, 0.3) is 0 Å². The van der Waals surface area contributed by atoms with Gasteiger partial charge in [0.05, 0.1) is 12.7 Å². The fourth-order valence-electron chi connectivity index (χ4n) is 2.41. The third kappa shape index (κ3) is 5.39. The highest BCUT2D eigenvalue weighted by atomic mass is 16.7. The first-order valence-electron chi connectivity index (χ1n) is 7.68. The number of aliphatic hydroxyl groups excluding tert-OH is 6. The van der Waals surface area contributed by atoms with Gasteiger partial charge in [-0.1, -0.05) is 0 Å². The van der Waals surface area contributed by atoms with Gasteiger partial charge >= 0.3 is 0 Å². The Labute approximate surface area is 143 Å². The van der Waals surface area contributed by atoms with Crippen molar-refractivity contribution in [3.63, 3.8) is 0 Å². The first kappa shape index (κ1) is 21.9. The fourth-order valence-corrected chi connectivity index (χ4v) is 2.41. The summed E-state index contributed by atoms with van der Waals surface area (Å²) in [6.07, 6.45) is -12.2. The number of amides is 1. The van der Waals surface area contributed by atoms with Crippen molar-refractivity contribution in [2.75, 3.05) is 6.61 Å². The van der Waals surface area contributed by atoms with Gasteiger partial charge in [-0.05, 0) is 6.92 Å². The van der Waals surface area contributed by atoms with Gasteiger partial charge in [0.1, 0.15) is 49.0 Å². The fraction of sp³-hybridized carbons (Fsp3) is 0.857. The molecule has 1 unspecified atom stereocenters. The van der Waals surface area contributed by atoms with E-state index in [0.717, 1.165) is 6.92 Å². The van der Waals surface area contributed by atoms with E-state index in [0.29, 0.717) is 0 Å². The number of ether oxygens (including phenoxy) is 2. The molecule has 0 aromatic heterocycles. The van der Waals surface area contributed by atoms with E-state index in [9.17, 15) is 35.1 Å². The van der Waals surface area contributed by atoms with Crippen molar-refractivity contribution < 1.29 is 49.7 Å². The van der Waals surface area contributed by atoms with Crippen LogP contribution in [-0.4, -0.2) is 104 Å². The summed E-state index contributed by atoms with van der Waals surface area (Å²) in [5.41, 5.74) is 0. The molecule has 7 N–H and O–H groups in total. The quantitative estimate of drug-likeness (QED) is 0.207. The molecule has 0 aromatic rings. The minimum absolute atomic E-state index is 0.239. The summed E-state index contributed by atoms with van der Waals surface area (Å²) in [6, 6.07) is -1.44. The van der Waals surface area contributed by atoms with E-state index in [1.165, 1.54) is 6.92 Å². The zero-order valence-electron chi connectivity index (χ0n) is 13.8. The molecule has 11 heteroatoms. The molecule has 25 heavy (non-hydrogen) atoms. The summed E-state index contributed by atoms with van der Waals surface area (Å²) in [4.78, 5) is 22.5. The van der Waals surface area contributed by atoms with Crippen LogP contribution in [0.2, 0.25) is 0 Å². The summed E-state index contributed by atoms with van der Waals surface area (Å²) in [6.45, 7) is 1.64. The van der Waals surface area contributed by atoms with Crippen LogP contribution < -0.4 is 5.32 Å². The molecule has 1 rings (SSSR count). The van der Waals surface area contributed by atoms with Crippen LogP contribution in [0.25, 0.3) is 0 Å². The normalized spacial score (nSPS) is 34.6. The van der Waals surface area contributed by atoms with Crippen molar-refractivity contribution >= 4 is 12.2 Å². The Morgan fingerprint density at radius 3 is 2.32 bits per heavy atom. The molecule has 0 aliphatic carbocycles. The van der Waals surface area contributed by atoms with Crippen molar-refractivity contribution in [1.82, 2.24) is 5.32 Å². The van der Waals surface area contributed by atoms with Gasteiger partial charge in [0, 0.05) is 6.92 Å². The summed E-state index contributed by atoms with van der Waals surface area (Å²) in [5.74, 6) is -0.634. The van der Waals surface area contributed by atoms with Crippen molar-refractivity contribution in [3.8, 4) is 0 Å². The van der Waals surface area contributed by atoms with Gasteiger partial charge in [-0.2, -0.15) is 0 Å². The lowest BCUT2D eigenvalue weighted by Crippen LogP contribution is -2.61. The number of hydrogen-bond acceptors (Lipinski definition) is 10. The predicted octanol–water partition coefficient (Wildman–Crippen LogP) is -4.38. The number of aliphatic hydroxyl groups is 6. The second kappa shape index (κ2) is 9.50. The molecule has 1 amide bonds. The van der Waals surface area contributed by atoms with Crippen molar-refractivity contribution in [1.29, 1.82) is 0 Å². The molecule has 1 heterocycles. The molecule has 0 saturated carbocycles. The van der Waals surface area contributed by atoms with E-state index in [-0.39, 0.29) is 6.29 Å². The van der Waals surface area contributed by atoms with E-state index in [1.54, 1.807) is 0 Å². The molecule has 1 saturated heterocycles. The molecule has 1 aliphatic rings. The second-order valence-corrected chi connectivity index (χ2v) is 5.88. The van der Waals surface area contributed by atoms with Crippen LogP contribution in [0.3, 0.4) is 0 Å². The average molecular weight is 367 g/mol. The van der Waals surface area contributed by atoms with E-state index in [4.69, 9.17) is 14.6 Å². The largest absolute Gasteiger partial charge is 0.394 e. The maximum Gasteiger partial charge on any atom is 0.217 e. The Morgan fingerprint density at radius 1 is 1.24 bits per heavy atom. The Hall–Kier alpha value is -1.18. The number of carbonyl (C=O) groups is 2. The number of hydrogen-bond donors (Lipinski definition) is 7.